The first-order chi connectivity index (χ1) is 6.74. The van der Waals surface area contributed by atoms with Crippen LogP contribution in [0.2, 0.25) is 18.1 Å². The van der Waals surface area contributed by atoms with Gasteiger partial charge in [-0.2, -0.15) is 0 Å². The van der Waals surface area contributed by atoms with Crippen LogP contribution in [0.25, 0.3) is 0 Å². The van der Waals surface area contributed by atoms with Gasteiger partial charge >= 0.3 is 0 Å². The molecule has 0 fully saturated rings. The summed E-state index contributed by atoms with van der Waals surface area (Å²) in [6, 6.07) is 4.35. The molecule has 0 atom stereocenters. The first-order valence-corrected chi connectivity index (χ1v) is 8.82. The Balaban J connectivity index is 4.45. The molecule has 0 spiro atoms. The van der Waals surface area contributed by atoms with Gasteiger partial charge in [0.1, 0.15) is 0 Å². The van der Waals surface area contributed by atoms with Crippen LogP contribution in [0.4, 0.5) is 0 Å². The molecule has 0 aliphatic carbocycles. The van der Waals surface area contributed by atoms with Crippen LogP contribution in [0.1, 0.15) is 40.0 Å². The minimum atomic E-state index is -1.08. The van der Waals surface area contributed by atoms with Crippen LogP contribution in [0.5, 0.6) is 0 Å². The molecule has 0 aromatic carbocycles. The SMILES string of the molecule is CCC[Si](C=CCN)(CCC)CCC. The molecule has 0 unspecified atom stereocenters. The molecule has 14 heavy (non-hydrogen) atoms. The van der Waals surface area contributed by atoms with E-state index in [0.29, 0.717) is 6.54 Å². The molecule has 0 saturated carbocycles. The van der Waals surface area contributed by atoms with Crippen LogP contribution in [-0.4, -0.2) is 14.6 Å². The molecule has 84 valence electrons. The first-order valence-electron chi connectivity index (χ1n) is 6.12. The van der Waals surface area contributed by atoms with Gasteiger partial charge in [0.05, 0.1) is 8.07 Å². The summed E-state index contributed by atoms with van der Waals surface area (Å²) in [7, 11) is -1.08. The van der Waals surface area contributed by atoms with Crippen LogP contribution in [0, 0.1) is 0 Å². The molecule has 1 nitrogen and oxygen atoms in total. The molecule has 0 aliphatic rings. The van der Waals surface area contributed by atoms with Crippen molar-refractivity contribution in [3.8, 4) is 0 Å². The predicted molar refractivity (Wildman–Crippen MR) is 69.2 cm³/mol. The fraction of sp³-hybridized carbons (Fsp3) is 0.833. The van der Waals surface area contributed by atoms with Crippen molar-refractivity contribution in [1.29, 1.82) is 0 Å². The molecule has 0 aromatic heterocycles. The highest BCUT2D eigenvalue weighted by atomic mass is 28.3. The third-order valence-electron chi connectivity index (χ3n) is 2.85. The quantitative estimate of drug-likeness (QED) is 0.611. The summed E-state index contributed by atoms with van der Waals surface area (Å²) in [4.78, 5) is 0. The molecule has 0 radical (unpaired) electrons. The lowest BCUT2D eigenvalue weighted by Crippen LogP contribution is -2.31. The summed E-state index contributed by atoms with van der Waals surface area (Å²) in [5.74, 6) is 0. The Morgan fingerprint density at radius 3 is 1.64 bits per heavy atom. The van der Waals surface area contributed by atoms with E-state index in [1.807, 2.05) is 0 Å². The normalized spacial score (nSPS) is 12.6. The van der Waals surface area contributed by atoms with Crippen LogP contribution < -0.4 is 5.73 Å². The maximum atomic E-state index is 5.56. The van der Waals surface area contributed by atoms with Crippen molar-refractivity contribution < 1.29 is 0 Å². The number of hydrogen-bond acceptors (Lipinski definition) is 1. The van der Waals surface area contributed by atoms with Gasteiger partial charge in [0.2, 0.25) is 0 Å². The van der Waals surface area contributed by atoms with Gasteiger partial charge < -0.3 is 5.73 Å². The molecule has 2 heteroatoms. The lowest BCUT2D eigenvalue weighted by molar-refractivity contribution is 0.935. The van der Waals surface area contributed by atoms with Crippen LogP contribution in [-0.2, 0) is 0 Å². The summed E-state index contributed by atoms with van der Waals surface area (Å²) >= 11 is 0. The summed E-state index contributed by atoms with van der Waals surface area (Å²) in [6.07, 6.45) is 6.20. The molecule has 0 aromatic rings. The zero-order chi connectivity index (χ0) is 10.9. The Morgan fingerprint density at radius 2 is 1.36 bits per heavy atom. The Labute approximate surface area is 90.8 Å². The Hall–Kier alpha value is -0.0831. The monoisotopic (exact) mass is 213 g/mol. The zero-order valence-electron chi connectivity index (χ0n) is 10.2. The Kier molecular flexibility index (Phi) is 8.19. The van der Waals surface area contributed by atoms with E-state index in [2.05, 4.69) is 32.5 Å². The van der Waals surface area contributed by atoms with Gasteiger partial charge in [-0.05, 0) is 0 Å². The van der Waals surface area contributed by atoms with Crippen molar-refractivity contribution >= 4 is 8.07 Å². The average molecular weight is 213 g/mol. The molecular weight excluding hydrogens is 186 g/mol. The minimum Gasteiger partial charge on any atom is -0.327 e. The van der Waals surface area contributed by atoms with Crippen LogP contribution in [0.3, 0.4) is 0 Å². The highest BCUT2D eigenvalue weighted by Gasteiger charge is 2.26. The fourth-order valence-electron chi connectivity index (χ4n) is 2.44. The predicted octanol–water partition coefficient (Wildman–Crippen LogP) is 3.72. The van der Waals surface area contributed by atoms with Gasteiger partial charge in [0, 0.05) is 6.54 Å². The average Bonchev–Trinajstić information content (AvgIpc) is 2.16. The molecule has 0 bridgehead atoms. The highest BCUT2D eigenvalue weighted by molar-refractivity contribution is 6.84. The van der Waals surface area contributed by atoms with E-state index in [4.69, 9.17) is 5.73 Å². The number of hydrogen-bond donors (Lipinski definition) is 1. The maximum Gasteiger partial charge on any atom is 0.0774 e. The first kappa shape index (κ1) is 13.9. The van der Waals surface area contributed by atoms with E-state index in [-0.39, 0.29) is 0 Å². The second-order valence-corrected chi connectivity index (χ2v) is 8.81. The highest BCUT2D eigenvalue weighted by Crippen LogP contribution is 2.27. The standard InChI is InChI=1S/C12H27NSi/c1-4-9-14(10-5-2,11-6-3)12-7-8-13/h7,12H,4-6,8-11,13H2,1-3H3. The summed E-state index contributed by atoms with van der Waals surface area (Å²) in [5.41, 5.74) is 8.08. The van der Waals surface area contributed by atoms with E-state index in [0.717, 1.165) is 0 Å². The van der Waals surface area contributed by atoms with Gasteiger partial charge in [-0.15, -0.1) is 0 Å². The molecule has 0 saturated heterocycles. The molecule has 0 heterocycles. The summed E-state index contributed by atoms with van der Waals surface area (Å²) < 4.78 is 0. The lowest BCUT2D eigenvalue weighted by Gasteiger charge is -2.27. The fourth-order valence-corrected chi connectivity index (χ4v) is 7.31. The summed E-state index contributed by atoms with van der Waals surface area (Å²) in [5, 5.41) is 0. The summed E-state index contributed by atoms with van der Waals surface area (Å²) in [6.45, 7) is 7.64. The van der Waals surface area contributed by atoms with Crippen LogP contribution >= 0.6 is 0 Å². The van der Waals surface area contributed by atoms with E-state index >= 15 is 0 Å². The minimum absolute atomic E-state index is 0.714. The van der Waals surface area contributed by atoms with E-state index < -0.39 is 8.07 Å². The van der Waals surface area contributed by atoms with Gasteiger partial charge in [-0.25, -0.2) is 0 Å². The largest absolute Gasteiger partial charge is 0.327 e. The van der Waals surface area contributed by atoms with E-state index in [1.54, 1.807) is 0 Å². The molecule has 2 N–H and O–H groups in total. The Bertz CT molecular complexity index is 137. The molecule has 0 aliphatic heterocycles. The van der Waals surface area contributed by atoms with Gasteiger partial charge in [-0.3, -0.25) is 0 Å². The lowest BCUT2D eigenvalue weighted by atomic mass is 10.5. The van der Waals surface area contributed by atoms with Gasteiger partial charge in [0.25, 0.3) is 0 Å². The van der Waals surface area contributed by atoms with Crippen molar-refractivity contribution in [3.63, 3.8) is 0 Å². The van der Waals surface area contributed by atoms with Gasteiger partial charge in [-0.1, -0.05) is 69.9 Å². The second-order valence-electron chi connectivity index (χ2n) is 4.25. The van der Waals surface area contributed by atoms with Gasteiger partial charge in [0.15, 0.2) is 0 Å². The van der Waals surface area contributed by atoms with Crippen molar-refractivity contribution in [2.75, 3.05) is 6.54 Å². The topological polar surface area (TPSA) is 26.0 Å². The third-order valence-corrected chi connectivity index (χ3v) is 8.28. The Morgan fingerprint density at radius 1 is 0.929 bits per heavy atom. The van der Waals surface area contributed by atoms with Crippen molar-refractivity contribution in [2.24, 2.45) is 5.73 Å². The zero-order valence-corrected chi connectivity index (χ0v) is 11.2. The van der Waals surface area contributed by atoms with Crippen LogP contribution in [0.15, 0.2) is 11.8 Å². The van der Waals surface area contributed by atoms with E-state index in [9.17, 15) is 0 Å². The molecule has 0 rings (SSSR count). The van der Waals surface area contributed by atoms with Crippen molar-refractivity contribution in [3.05, 3.63) is 11.8 Å². The second kappa shape index (κ2) is 8.24. The van der Waals surface area contributed by atoms with Crippen molar-refractivity contribution in [2.45, 2.75) is 58.2 Å². The molecular formula is C12H27NSi. The smallest absolute Gasteiger partial charge is 0.0774 e. The third kappa shape index (κ3) is 4.96. The van der Waals surface area contributed by atoms with E-state index in [1.165, 1.54) is 37.4 Å². The number of rotatable bonds is 8. The molecule has 0 amide bonds. The maximum absolute atomic E-state index is 5.56. The van der Waals surface area contributed by atoms with Crippen molar-refractivity contribution in [1.82, 2.24) is 0 Å². The number of nitrogens with two attached hydrogens (primary N) is 1.